The van der Waals surface area contributed by atoms with E-state index in [9.17, 15) is 18.0 Å². The van der Waals surface area contributed by atoms with Crippen LogP contribution in [0.4, 0.5) is 0 Å². The molecule has 1 fully saturated rings. The number of rotatable bonds is 6. The van der Waals surface area contributed by atoms with Crippen molar-refractivity contribution >= 4 is 32.9 Å². The minimum Gasteiger partial charge on any atom is -0.497 e. The molecule has 0 radical (unpaired) electrons. The summed E-state index contributed by atoms with van der Waals surface area (Å²) in [5.41, 5.74) is -0.749. The lowest BCUT2D eigenvalue weighted by Gasteiger charge is -2.27. The van der Waals surface area contributed by atoms with Crippen molar-refractivity contribution in [3.63, 3.8) is 0 Å². The van der Waals surface area contributed by atoms with Crippen LogP contribution < -0.4 is 4.74 Å². The number of benzene rings is 1. The molecule has 1 saturated heterocycles. The largest absolute Gasteiger partial charge is 0.497 e. The van der Waals surface area contributed by atoms with Crippen molar-refractivity contribution in [2.24, 2.45) is 0 Å². The van der Waals surface area contributed by atoms with Crippen LogP contribution in [-0.2, 0) is 24.3 Å². The van der Waals surface area contributed by atoms with Gasteiger partial charge in [0.25, 0.3) is 0 Å². The first kappa shape index (κ1) is 20.7. The Hall–Kier alpha value is -1.58. The van der Waals surface area contributed by atoms with Gasteiger partial charge in [-0.1, -0.05) is 11.8 Å². The van der Waals surface area contributed by atoms with Crippen LogP contribution in [-0.4, -0.2) is 54.9 Å². The van der Waals surface area contributed by atoms with Crippen molar-refractivity contribution in [2.75, 3.05) is 19.4 Å². The maximum atomic E-state index is 13.1. The van der Waals surface area contributed by atoms with Gasteiger partial charge in [0.15, 0.2) is 0 Å². The molecule has 1 aromatic carbocycles. The minimum atomic E-state index is -4.05. The molecule has 0 spiro atoms. The Bertz CT molecular complexity index is 767. The van der Waals surface area contributed by atoms with Crippen LogP contribution in [0.3, 0.4) is 0 Å². The van der Waals surface area contributed by atoms with Gasteiger partial charge in [0, 0.05) is 5.75 Å². The first-order valence-electron chi connectivity index (χ1n) is 8.09. The van der Waals surface area contributed by atoms with Crippen molar-refractivity contribution < 1.29 is 27.5 Å². The molecule has 0 aromatic heterocycles. The van der Waals surface area contributed by atoms with Crippen molar-refractivity contribution in [2.45, 2.75) is 43.7 Å². The van der Waals surface area contributed by atoms with E-state index in [2.05, 4.69) is 0 Å². The third-order valence-corrected chi connectivity index (χ3v) is 6.49. The van der Waals surface area contributed by atoms with Crippen LogP contribution in [0.1, 0.15) is 27.2 Å². The van der Waals surface area contributed by atoms with Crippen LogP contribution in [0.5, 0.6) is 5.75 Å². The standard InChI is InChI=1S/C17H23NO6S2/c1-17(2,3)24-15(19)11-18(14-9-10-25-16(14)20)26(21,22)13-7-5-12(23-4)6-8-13/h5-8,14H,9-11H2,1-4H3/t14-/m0/s1. The molecule has 9 heteroatoms. The molecular weight excluding hydrogens is 378 g/mol. The van der Waals surface area contributed by atoms with Gasteiger partial charge in [0.2, 0.25) is 15.1 Å². The third kappa shape index (κ3) is 4.99. The van der Waals surface area contributed by atoms with E-state index in [1.54, 1.807) is 20.8 Å². The molecule has 0 bridgehead atoms. The Morgan fingerprint density at radius 1 is 1.27 bits per heavy atom. The van der Waals surface area contributed by atoms with Gasteiger partial charge in [0.1, 0.15) is 17.9 Å². The summed E-state index contributed by atoms with van der Waals surface area (Å²) in [5, 5.41) is -0.259. The maximum absolute atomic E-state index is 13.1. The van der Waals surface area contributed by atoms with Gasteiger partial charge < -0.3 is 9.47 Å². The lowest BCUT2D eigenvalue weighted by molar-refractivity contribution is -0.155. The predicted octanol–water partition coefficient (Wildman–Crippen LogP) is 2.06. The molecule has 0 aliphatic carbocycles. The predicted molar refractivity (Wildman–Crippen MR) is 98.6 cm³/mol. The van der Waals surface area contributed by atoms with Gasteiger partial charge in [-0.2, -0.15) is 4.31 Å². The summed E-state index contributed by atoms with van der Waals surface area (Å²) in [7, 11) is -2.57. The molecule has 7 nitrogen and oxygen atoms in total. The van der Waals surface area contributed by atoms with E-state index in [1.807, 2.05) is 0 Å². The molecule has 1 aliphatic rings. The average molecular weight is 402 g/mol. The Kier molecular flexibility index (Phi) is 6.36. The number of esters is 1. The highest BCUT2D eigenvalue weighted by atomic mass is 32.2. The Morgan fingerprint density at radius 3 is 2.35 bits per heavy atom. The van der Waals surface area contributed by atoms with Crippen molar-refractivity contribution in [3.05, 3.63) is 24.3 Å². The fourth-order valence-electron chi connectivity index (χ4n) is 2.49. The van der Waals surface area contributed by atoms with Gasteiger partial charge in [-0.25, -0.2) is 8.42 Å². The first-order valence-corrected chi connectivity index (χ1v) is 10.5. The van der Waals surface area contributed by atoms with E-state index in [0.29, 0.717) is 17.9 Å². The summed E-state index contributed by atoms with van der Waals surface area (Å²) in [4.78, 5) is 24.4. The molecule has 1 heterocycles. The summed E-state index contributed by atoms with van der Waals surface area (Å²) in [6, 6.07) is 4.94. The molecule has 0 N–H and O–H groups in total. The molecule has 0 saturated carbocycles. The summed E-state index contributed by atoms with van der Waals surface area (Å²) >= 11 is 1.07. The first-order chi connectivity index (χ1) is 12.0. The van der Waals surface area contributed by atoms with Crippen molar-refractivity contribution in [3.8, 4) is 5.75 Å². The second-order valence-corrected chi connectivity index (χ2v) is 9.77. The molecule has 1 aromatic rings. The summed E-state index contributed by atoms with van der Waals surface area (Å²) < 4.78 is 37.4. The Morgan fingerprint density at radius 2 is 1.88 bits per heavy atom. The zero-order valence-corrected chi connectivity index (χ0v) is 16.9. The molecule has 1 atom stereocenters. The number of nitrogens with zero attached hydrogens (tertiary/aromatic N) is 1. The zero-order valence-electron chi connectivity index (χ0n) is 15.2. The second-order valence-electron chi connectivity index (χ2n) is 6.78. The monoisotopic (exact) mass is 401 g/mol. The maximum Gasteiger partial charge on any atom is 0.321 e. The average Bonchev–Trinajstić information content (AvgIpc) is 2.96. The lowest BCUT2D eigenvalue weighted by Crippen LogP contribution is -2.46. The number of carbonyl (C=O) groups excluding carboxylic acids is 2. The fourth-order valence-corrected chi connectivity index (χ4v) is 5.10. The van der Waals surface area contributed by atoms with Crippen LogP contribution in [0, 0.1) is 0 Å². The topological polar surface area (TPSA) is 90.0 Å². The van der Waals surface area contributed by atoms with E-state index in [4.69, 9.17) is 9.47 Å². The van der Waals surface area contributed by atoms with E-state index < -0.39 is 34.2 Å². The molecule has 26 heavy (non-hydrogen) atoms. The number of sulfonamides is 1. The number of methoxy groups -OCH3 is 1. The van der Waals surface area contributed by atoms with Crippen LogP contribution >= 0.6 is 11.8 Å². The Labute approximate surface area is 158 Å². The molecule has 144 valence electrons. The highest BCUT2D eigenvalue weighted by Gasteiger charge is 2.40. The molecule has 1 aliphatic heterocycles. The number of ether oxygens (including phenoxy) is 2. The van der Waals surface area contributed by atoms with E-state index in [-0.39, 0.29) is 10.0 Å². The van der Waals surface area contributed by atoms with Gasteiger partial charge in [-0.05, 0) is 51.5 Å². The van der Waals surface area contributed by atoms with Crippen LogP contribution in [0.2, 0.25) is 0 Å². The zero-order chi connectivity index (χ0) is 19.5. The lowest BCUT2D eigenvalue weighted by atomic mass is 10.2. The van der Waals surface area contributed by atoms with E-state index in [0.717, 1.165) is 16.1 Å². The summed E-state index contributed by atoms with van der Waals surface area (Å²) in [6.45, 7) is 4.58. The van der Waals surface area contributed by atoms with Crippen LogP contribution in [0.15, 0.2) is 29.2 Å². The smallest absolute Gasteiger partial charge is 0.321 e. The number of carbonyl (C=O) groups is 2. The highest BCUT2D eigenvalue weighted by Crippen LogP contribution is 2.29. The quantitative estimate of drug-likeness (QED) is 0.674. The number of hydrogen-bond acceptors (Lipinski definition) is 7. The number of thioether (sulfide) groups is 1. The summed E-state index contributed by atoms with van der Waals surface area (Å²) in [6.07, 6.45) is 0.363. The second kappa shape index (κ2) is 7.98. The van der Waals surface area contributed by atoms with Gasteiger partial charge in [-0.15, -0.1) is 0 Å². The van der Waals surface area contributed by atoms with Gasteiger partial charge in [0.05, 0.1) is 18.0 Å². The van der Waals surface area contributed by atoms with Gasteiger partial charge in [-0.3, -0.25) is 9.59 Å². The van der Waals surface area contributed by atoms with E-state index >= 15 is 0 Å². The van der Waals surface area contributed by atoms with Crippen molar-refractivity contribution in [1.82, 2.24) is 4.31 Å². The normalized spacial score (nSPS) is 18.2. The van der Waals surface area contributed by atoms with Crippen molar-refractivity contribution in [1.29, 1.82) is 0 Å². The number of hydrogen-bond donors (Lipinski definition) is 0. The highest BCUT2D eigenvalue weighted by molar-refractivity contribution is 8.14. The molecule has 0 unspecified atom stereocenters. The molecule has 0 amide bonds. The third-order valence-electron chi connectivity index (χ3n) is 3.63. The minimum absolute atomic E-state index is 0.00782. The SMILES string of the molecule is COc1ccc(S(=O)(=O)N(CC(=O)OC(C)(C)C)[C@H]2CCSC2=O)cc1. The molecular formula is C17H23NO6S2. The van der Waals surface area contributed by atoms with E-state index in [1.165, 1.54) is 31.4 Å². The Balaban J connectivity index is 2.35. The van der Waals surface area contributed by atoms with Crippen LogP contribution in [0.25, 0.3) is 0 Å². The summed E-state index contributed by atoms with van der Waals surface area (Å²) in [5.74, 6) is 0.335. The fraction of sp³-hybridized carbons (Fsp3) is 0.529. The van der Waals surface area contributed by atoms with Gasteiger partial charge >= 0.3 is 5.97 Å². The molecule has 2 rings (SSSR count).